The number of sulfonamides is 1. The van der Waals surface area contributed by atoms with Gasteiger partial charge in [0.15, 0.2) is 0 Å². The Balaban J connectivity index is 3.59. The van der Waals surface area contributed by atoms with Gasteiger partial charge in [-0.05, 0) is 24.6 Å². The van der Waals surface area contributed by atoms with Crippen molar-refractivity contribution in [2.75, 3.05) is 0 Å². The number of primary sulfonamides is 1. The minimum atomic E-state index is -4.19. The second-order valence-corrected chi connectivity index (χ2v) is 4.54. The van der Waals surface area contributed by atoms with Crippen LogP contribution in [0, 0.1) is 12.7 Å². The van der Waals surface area contributed by atoms with Gasteiger partial charge in [-0.2, -0.15) is 0 Å². The van der Waals surface area contributed by atoms with Crippen LogP contribution in [-0.4, -0.2) is 14.3 Å². The largest absolute Gasteiger partial charge is 0.366 e. The van der Waals surface area contributed by atoms with Crippen LogP contribution in [0.4, 0.5) is 4.39 Å². The fourth-order valence-electron chi connectivity index (χ4n) is 1.09. The summed E-state index contributed by atoms with van der Waals surface area (Å²) in [6, 6.07) is 1.98. The zero-order valence-corrected chi connectivity index (χ0v) is 8.64. The Hall–Kier alpha value is -1.47. The SMILES string of the molecule is Cc1cc(C(N)=O)cc(S(N)(=O)=O)c1F. The van der Waals surface area contributed by atoms with Gasteiger partial charge >= 0.3 is 0 Å². The third-order valence-corrected chi connectivity index (χ3v) is 2.72. The molecule has 0 heterocycles. The normalized spacial score (nSPS) is 11.4. The minimum Gasteiger partial charge on any atom is -0.366 e. The number of carbonyl (C=O) groups excluding carboxylic acids is 1. The summed E-state index contributed by atoms with van der Waals surface area (Å²) in [4.78, 5) is 10.1. The van der Waals surface area contributed by atoms with Gasteiger partial charge in [-0.25, -0.2) is 17.9 Å². The molecular formula is C8H9FN2O3S. The molecule has 0 unspecified atom stereocenters. The molecule has 5 nitrogen and oxygen atoms in total. The number of amides is 1. The van der Waals surface area contributed by atoms with Crippen molar-refractivity contribution in [3.63, 3.8) is 0 Å². The predicted molar refractivity (Wildman–Crippen MR) is 51.0 cm³/mol. The van der Waals surface area contributed by atoms with Gasteiger partial charge in [0.1, 0.15) is 10.7 Å². The van der Waals surface area contributed by atoms with E-state index in [1.165, 1.54) is 6.92 Å². The number of aryl methyl sites for hydroxylation is 1. The average molecular weight is 232 g/mol. The number of hydrogen-bond donors (Lipinski definition) is 2. The summed E-state index contributed by atoms with van der Waals surface area (Å²) in [7, 11) is -4.19. The highest BCUT2D eigenvalue weighted by molar-refractivity contribution is 7.89. The topological polar surface area (TPSA) is 103 Å². The summed E-state index contributed by atoms with van der Waals surface area (Å²) in [5.41, 5.74) is 4.84. The lowest BCUT2D eigenvalue weighted by Gasteiger charge is -2.05. The molecule has 0 bridgehead atoms. The van der Waals surface area contributed by atoms with Gasteiger partial charge in [-0.1, -0.05) is 0 Å². The fraction of sp³-hybridized carbons (Fsp3) is 0.125. The summed E-state index contributed by atoms with van der Waals surface area (Å²) < 4.78 is 35.3. The van der Waals surface area contributed by atoms with Crippen LogP contribution in [0.25, 0.3) is 0 Å². The van der Waals surface area contributed by atoms with E-state index >= 15 is 0 Å². The van der Waals surface area contributed by atoms with Crippen LogP contribution in [0.15, 0.2) is 17.0 Å². The molecule has 1 aromatic rings. The Morgan fingerprint density at radius 3 is 2.33 bits per heavy atom. The van der Waals surface area contributed by atoms with E-state index in [0.717, 1.165) is 12.1 Å². The van der Waals surface area contributed by atoms with Crippen molar-refractivity contribution in [3.05, 3.63) is 29.1 Å². The summed E-state index contributed by atoms with van der Waals surface area (Å²) in [5.74, 6) is -1.81. The monoisotopic (exact) mass is 232 g/mol. The standard InChI is InChI=1S/C8H9FN2O3S/c1-4-2-5(8(10)12)3-6(7(4)9)15(11,13)14/h2-3H,1H3,(H2,10,12)(H2,11,13,14). The van der Waals surface area contributed by atoms with Crippen molar-refractivity contribution in [1.29, 1.82) is 0 Å². The van der Waals surface area contributed by atoms with Crippen molar-refractivity contribution in [2.24, 2.45) is 10.9 Å². The Kier molecular flexibility index (Phi) is 2.78. The summed E-state index contributed by atoms with van der Waals surface area (Å²) >= 11 is 0. The average Bonchev–Trinajstić information content (AvgIpc) is 2.06. The van der Waals surface area contributed by atoms with E-state index in [9.17, 15) is 17.6 Å². The number of hydrogen-bond acceptors (Lipinski definition) is 3. The zero-order chi connectivity index (χ0) is 11.8. The molecule has 82 valence electrons. The number of nitrogens with two attached hydrogens (primary N) is 2. The first kappa shape index (κ1) is 11.6. The second-order valence-electron chi connectivity index (χ2n) is 3.01. The van der Waals surface area contributed by atoms with E-state index in [4.69, 9.17) is 10.9 Å². The molecule has 0 spiro atoms. The van der Waals surface area contributed by atoms with Gasteiger partial charge in [0.2, 0.25) is 15.9 Å². The quantitative estimate of drug-likeness (QED) is 0.742. The van der Waals surface area contributed by atoms with E-state index in [1.54, 1.807) is 0 Å². The lowest BCUT2D eigenvalue weighted by Crippen LogP contribution is -2.18. The van der Waals surface area contributed by atoms with Crippen LogP contribution in [0.3, 0.4) is 0 Å². The second kappa shape index (κ2) is 3.59. The Morgan fingerprint density at radius 2 is 1.93 bits per heavy atom. The van der Waals surface area contributed by atoms with E-state index < -0.39 is 26.6 Å². The van der Waals surface area contributed by atoms with Gasteiger partial charge in [0.25, 0.3) is 0 Å². The molecule has 0 saturated carbocycles. The summed E-state index contributed by atoms with van der Waals surface area (Å²) in [6.07, 6.45) is 0. The molecular weight excluding hydrogens is 223 g/mol. The van der Waals surface area contributed by atoms with Gasteiger partial charge < -0.3 is 5.73 Å². The zero-order valence-electron chi connectivity index (χ0n) is 7.82. The maximum absolute atomic E-state index is 13.3. The summed E-state index contributed by atoms with van der Waals surface area (Å²) in [5, 5.41) is 4.78. The molecule has 1 rings (SSSR count). The third kappa shape index (κ3) is 2.31. The van der Waals surface area contributed by atoms with Crippen LogP contribution in [0.2, 0.25) is 0 Å². The maximum atomic E-state index is 13.3. The molecule has 0 aliphatic heterocycles. The highest BCUT2D eigenvalue weighted by Crippen LogP contribution is 2.18. The van der Waals surface area contributed by atoms with E-state index in [-0.39, 0.29) is 11.1 Å². The third-order valence-electron chi connectivity index (χ3n) is 1.81. The van der Waals surface area contributed by atoms with Crippen LogP contribution in [-0.2, 0) is 10.0 Å². The lowest BCUT2D eigenvalue weighted by atomic mass is 10.1. The molecule has 0 atom stereocenters. The first-order chi connectivity index (χ1) is 6.73. The van der Waals surface area contributed by atoms with Crippen molar-refractivity contribution < 1.29 is 17.6 Å². The smallest absolute Gasteiger partial charge is 0.248 e. The number of carbonyl (C=O) groups is 1. The van der Waals surface area contributed by atoms with Gasteiger partial charge in [0.05, 0.1) is 0 Å². The molecule has 4 N–H and O–H groups in total. The van der Waals surface area contributed by atoms with E-state index in [0.29, 0.717) is 0 Å². The van der Waals surface area contributed by atoms with Crippen LogP contribution < -0.4 is 10.9 Å². The molecule has 7 heteroatoms. The van der Waals surface area contributed by atoms with Gasteiger partial charge in [0, 0.05) is 5.56 Å². The molecule has 1 aromatic carbocycles. The molecule has 0 fully saturated rings. The van der Waals surface area contributed by atoms with Gasteiger partial charge in [-0.15, -0.1) is 0 Å². The molecule has 1 amide bonds. The van der Waals surface area contributed by atoms with Crippen molar-refractivity contribution in [3.8, 4) is 0 Å². The first-order valence-electron chi connectivity index (χ1n) is 3.86. The minimum absolute atomic E-state index is 0.00433. The van der Waals surface area contributed by atoms with Crippen molar-refractivity contribution >= 4 is 15.9 Å². The van der Waals surface area contributed by atoms with Crippen LogP contribution in [0.5, 0.6) is 0 Å². The van der Waals surface area contributed by atoms with Crippen molar-refractivity contribution in [1.82, 2.24) is 0 Å². The first-order valence-corrected chi connectivity index (χ1v) is 5.41. The van der Waals surface area contributed by atoms with Crippen LogP contribution in [0.1, 0.15) is 15.9 Å². The molecule has 0 aliphatic carbocycles. The Morgan fingerprint density at radius 1 is 1.40 bits per heavy atom. The Labute approximate surface area is 85.9 Å². The van der Waals surface area contributed by atoms with Crippen molar-refractivity contribution in [2.45, 2.75) is 11.8 Å². The maximum Gasteiger partial charge on any atom is 0.248 e. The number of primary amides is 1. The predicted octanol–water partition coefficient (Wildman–Crippen LogP) is -0.120. The molecule has 0 saturated heterocycles. The number of benzene rings is 1. The Bertz CT molecular complexity index is 525. The molecule has 0 aromatic heterocycles. The molecule has 15 heavy (non-hydrogen) atoms. The van der Waals surface area contributed by atoms with E-state index in [1.807, 2.05) is 0 Å². The fourth-order valence-corrected chi connectivity index (χ4v) is 1.79. The summed E-state index contributed by atoms with van der Waals surface area (Å²) in [6.45, 7) is 1.32. The highest BCUT2D eigenvalue weighted by Gasteiger charge is 2.18. The molecule has 0 aliphatic rings. The molecule has 0 radical (unpaired) electrons. The number of halogens is 1. The number of rotatable bonds is 2. The van der Waals surface area contributed by atoms with E-state index in [2.05, 4.69) is 0 Å². The highest BCUT2D eigenvalue weighted by atomic mass is 32.2. The van der Waals surface area contributed by atoms with Gasteiger partial charge in [-0.3, -0.25) is 4.79 Å². The van der Waals surface area contributed by atoms with Crippen LogP contribution >= 0.6 is 0 Å². The lowest BCUT2D eigenvalue weighted by molar-refractivity contribution is 0.1000.